The van der Waals surface area contributed by atoms with Gasteiger partial charge in [-0.15, -0.1) is 0 Å². The van der Waals surface area contributed by atoms with Crippen molar-refractivity contribution in [3.63, 3.8) is 0 Å². The van der Waals surface area contributed by atoms with E-state index in [9.17, 15) is 9.59 Å². The van der Waals surface area contributed by atoms with Gasteiger partial charge in [0.25, 0.3) is 0 Å². The molecule has 1 saturated heterocycles. The lowest BCUT2D eigenvalue weighted by molar-refractivity contribution is -0.126. The molecule has 0 saturated carbocycles. The molecule has 1 amide bonds. The number of Topliss-reactive ketones (excluding diaryl/α,β-unsaturated/α-hetero) is 1. The van der Waals surface area contributed by atoms with Crippen molar-refractivity contribution in [1.82, 2.24) is 4.98 Å². The Morgan fingerprint density at radius 1 is 1.13 bits per heavy atom. The Kier molecular flexibility index (Phi) is 5.74. The van der Waals surface area contributed by atoms with E-state index in [4.69, 9.17) is 0 Å². The van der Waals surface area contributed by atoms with Crippen LogP contribution in [-0.4, -0.2) is 29.8 Å². The average molecular weight is 317 g/mol. The van der Waals surface area contributed by atoms with Gasteiger partial charge < -0.3 is 10.2 Å². The van der Waals surface area contributed by atoms with Crippen molar-refractivity contribution in [2.24, 2.45) is 17.8 Å². The minimum atomic E-state index is -0.0489. The monoisotopic (exact) mass is 317 g/mol. The summed E-state index contributed by atoms with van der Waals surface area (Å²) in [5.41, 5.74) is 0.720. The number of amides is 1. The molecule has 5 heteroatoms. The molecule has 0 spiro atoms. The van der Waals surface area contributed by atoms with Gasteiger partial charge in [-0.05, 0) is 25.0 Å². The first-order valence-corrected chi connectivity index (χ1v) is 8.44. The quantitative estimate of drug-likeness (QED) is 0.906. The summed E-state index contributed by atoms with van der Waals surface area (Å²) in [4.78, 5) is 30.4. The van der Waals surface area contributed by atoms with E-state index in [0.29, 0.717) is 5.78 Å². The second-order valence-electron chi connectivity index (χ2n) is 6.87. The number of aromatic nitrogens is 1. The summed E-state index contributed by atoms with van der Waals surface area (Å²) in [6.07, 6.45) is 3.48. The van der Waals surface area contributed by atoms with Gasteiger partial charge in [-0.1, -0.05) is 27.7 Å². The number of hydrogen-bond acceptors (Lipinski definition) is 4. The Morgan fingerprint density at radius 3 is 2.26 bits per heavy atom. The van der Waals surface area contributed by atoms with E-state index in [1.54, 1.807) is 6.20 Å². The lowest BCUT2D eigenvalue weighted by atomic mass is 9.87. The van der Waals surface area contributed by atoms with Crippen LogP contribution in [0.4, 0.5) is 11.5 Å². The molecule has 2 rings (SSSR count). The van der Waals surface area contributed by atoms with Crippen molar-refractivity contribution in [3.05, 3.63) is 18.3 Å². The zero-order valence-corrected chi connectivity index (χ0v) is 14.5. The molecule has 23 heavy (non-hydrogen) atoms. The predicted octanol–water partition coefficient (Wildman–Crippen LogP) is 3.12. The first-order chi connectivity index (χ1) is 10.9. The van der Waals surface area contributed by atoms with Crippen LogP contribution in [0, 0.1) is 17.8 Å². The van der Waals surface area contributed by atoms with Crippen molar-refractivity contribution in [2.75, 3.05) is 23.3 Å². The molecule has 0 aliphatic carbocycles. The molecule has 0 bridgehead atoms. The number of rotatable bonds is 5. The topological polar surface area (TPSA) is 62.3 Å². The predicted molar refractivity (Wildman–Crippen MR) is 92.5 cm³/mol. The third kappa shape index (κ3) is 4.53. The summed E-state index contributed by atoms with van der Waals surface area (Å²) in [6, 6.07) is 3.81. The summed E-state index contributed by atoms with van der Waals surface area (Å²) >= 11 is 0. The Bertz CT molecular complexity index is 544. The molecule has 1 aromatic rings. The van der Waals surface area contributed by atoms with E-state index in [0.717, 1.165) is 37.4 Å². The molecule has 0 unspecified atom stereocenters. The highest BCUT2D eigenvalue weighted by Crippen LogP contribution is 2.25. The molecule has 1 aliphatic rings. The van der Waals surface area contributed by atoms with Crippen molar-refractivity contribution in [2.45, 2.75) is 40.5 Å². The number of carbonyl (C=O) groups is 2. The zero-order chi connectivity index (χ0) is 17.0. The third-order valence-corrected chi connectivity index (χ3v) is 4.33. The van der Waals surface area contributed by atoms with Gasteiger partial charge in [0.2, 0.25) is 5.91 Å². The van der Waals surface area contributed by atoms with Crippen LogP contribution in [0.25, 0.3) is 0 Å². The van der Waals surface area contributed by atoms with E-state index in [1.807, 2.05) is 39.8 Å². The molecule has 0 radical (unpaired) electrons. The molecule has 2 heterocycles. The summed E-state index contributed by atoms with van der Waals surface area (Å²) in [5.74, 6) is 1.54. The number of anilines is 2. The maximum Gasteiger partial charge on any atom is 0.226 e. The molecule has 0 aromatic carbocycles. The van der Waals surface area contributed by atoms with Crippen LogP contribution in [-0.2, 0) is 9.59 Å². The van der Waals surface area contributed by atoms with Crippen LogP contribution < -0.4 is 10.2 Å². The van der Waals surface area contributed by atoms with E-state index in [1.165, 1.54) is 0 Å². The Balaban J connectivity index is 1.91. The van der Waals surface area contributed by atoms with E-state index in [2.05, 4.69) is 15.2 Å². The van der Waals surface area contributed by atoms with Crippen molar-refractivity contribution < 1.29 is 9.59 Å². The number of hydrogen-bond donors (Lipinski definition) is 1. The van der Waals surface area contributed by atoms with Crippen molar-refractivity contribution in [3.8, 4) is 0 Å². The second-order valence-corrected chi connectivity index (χ2v) is 6.87. The maximum absolute atomic E-state index is 12.1. The maximum atomic E-state index is 12.1. The van der Waals surface area contributed by atoms with E-state index < -0.39 is 0 Å². The van der Waals surface area contributed by atoms with Crippen LogP contribution in [0.3, 0.4) is 0 Å². The first-order valence-electron chi connectivity index (χ1n) is 8.44. The van der Waals surface area contributed by atoms with Crippen LogP contribution >= 0.6 is 0 Å². The van der Waals surface area contributed by atoms with Gasteiger partial charge in [0.05, 0.1) is 11.9 Å². The Hall–Kier alpha value is -1.91. The SMILES string of the molecule is CC(C)C(=O)Nc1ccc(N2CCC(C(=O)C(C)C)CC2)nc1. The summed E-state index contributed by atoms with van der Waals surface area (Å²) < 4.78 is 0. The number of nitrogens with one attached hydrogen (secondary N) is 1. The Labute approximate surface area is 138 Å². The highest BCUT2D eigenvalue weighted by atomic mass is 16.1. The molecular weight excluding hydrogens is 290 g/mol. The zero-order valence-electron chi connectivity index (χ0n) is 14.5. The van der Waals surface area contributed by atoms with Crippen LogP contribution in [0.1, 0.15) is 40.5 Å². The van der Waals surface area contributed by atoms with E-state index in [-0.39, 0.29) is 23.7 Å². The lowest BCUT2D eigenvalue weighted by Gasteiger charge is -2.32. The molecule has 1 aromatic heterocycles. The smallest absolute Gasteiger partial charge is 0.226 e. The molecule has 1 aliphatic heterocycles. The fourth-order valence-electron chi connectivity index (χ4n) is 2.80. The van der Waals surface area contributed by atoms with E-state index >= 15 is 0 Å². The van der Waals surface area contributed by atoms with Crippen LogP contribution in [0.2, 0.25) is 0 Å². The number of nitrogens with zero attached hydrogens (tertiary/aromatic N) is 2. The summed E-state index contributed by atoms with van der Waals surface area (Å²) in [5, 5.41) is 2.84. The second kappa shape index (κ2) is 7.57. The normalized spacial score (nSPS) is 16.0. The van der Waals surface area contributed by atoms with Gasteiger partial charge in [-0.3, -0.25) is 9.59 Å². The molecule has 1 N–H and O–H groups in total. The van der Waals surface area contributed by atoms with Crippen molar-refractivity contribution in [1.29, 1.82) is 0 Å². The third-order valence-electron chi connectivity index (χ3n) is 4.33. The fourth-order valence-corrected chi connectivity index (χ4v) is 2.80. The summed E-state index contributed by atoms with van der Waals surface area (Å²) in [7, 11) is 0. The minimum absolute atomic E-state index is 0.00689. The van der Waals surface area contributed by atoms with Gasteiger partial charge >= 0.3 is 0 Å². The van der Waals surface area contributed by atoms with Crippen molar-refractivity contribution >= 4 is 23.2 Å². The Morgan fingerprint density at radius 2 is 1.78 bits per heavy atom. The number of pyridine rings is 1. The fraction of sp³-hybridized carbons (Fsp3) is 0.611. The molecule has 0 atom stereocenters. The van der Waals surface area contributed by atoms with Gasteiger partial charge in [0, 0.05) is 30.8 Å². The minimum Gasteiger partial charge on any atom is -0.357 e. The van der Waals surface area contributed by atoms with Gasteiger partial charge in [-0.2, -0.15) is 0 Å². The van der Waals surface area contributed by atoms with Gasteiger partial charge in [0.1, 0.15) is 11.6 Å². The largest absolute Gasteiger partial charge is 0.357 e. The van der Waals surface area contributed by atoms with Gasteiger partial charge in [0.15, 0.2) is 0 Å². The van der Waals surface area contributed by atoms with Gasteiger partial charge in [-0.25, -0.2) is 4.98 Å². The highest BCUT2D eigenvalue weighted by molar-refractivity contribution is 5.91. The van der Waals surface area contributed by atoms with Crippen LogP contribution in [0.5, 0.6) is 0 Å². The number of ketones is 1. The molecule has 5 nitrogen and oxygen atoms in total. The molecular formula is C18H27N3O2. The van der Waals surface area contributed by atoms with Crippen LogP contribution in [0.15, 0.2) is 18.3 Å². The molecule has 126 valence electrons. The average Bonchev–Trinajstić information content (AvgIpc) is 2.55. The number of piperidine rings is 1. The number of carbonyl (C=O) groups excluding carboxylic acids is 2. The first kappa shape index (κ1) is 17.4. The highest BCUT2D eigenvalue weighted by Gasteiger charge is 2.26. The lowest BCUT2D eigenvalue weighted by Crippen LogP contribution is -2.37. The standard InChI is InChI=1S/C18H27N3O2/c1-12(2)17(22)14-7-9-21(10-8-14)16-6-5-15(11-19-16)20-18(23)13(3)4/h5-6,11-14H,7-10H2,1-4H3,(H,20,23). The summed E-state index contributed by atoms with van der Waals surface area (Å²) in [6.45, 7) is 9.38. The molecule has 1 fully saturated rings.